The first kappa shape index (κ1) is 10.7. The highest BCUT2D eigenvalue weighted by molar-refractivity contribution is 7.75. The van der Waals surface area contributed by atoms with Gasteiger partial charge in [0, 0.05) is 11.4 Å². The molecule has 0 aliphatic rings. The van der Waals surface area contributed by atoms with Gasteiger partial charge in [-0.1, -0.05) is 35.2 Å². The van der Waals surface area contributed by atoms with E-state index in [2.05, 4.69) is 4.36 Å². The van der Waals surface area contributed by atoms with Gasteiger partial charge in [0.2, 0.25) is 0 Å². The van der Waals surface area contributed by atoms with Gasteiger partial charge in [-0.15, -0.1) is 0 Å². The lowest BCUT2D eigenvalue weighted by Gasteiger charge is -2.05. The van der Waals surface area contributed by atoms with Crippen LogP contribution in [0.1, 0.15) is 0 Å². The van der Waals surface area contributed by atoms with Gasteiger partial charge in [-0.3, -0.25) is 0 Å². The molecule has 16 heavy (non-hydrogen) atoms. The lowest BCUT2D eigenvalue weighted by atomic mass is 10.3. The standard InChI is InChI=1S/C12H11N2OS/c13-10-6-8-11(9-7-10)14-16(15)12-4-2-1-3-5-12/h1-9H,13H2/q-1. The van der Waals surface area contributed by atoms with Crippen LogP contribution in [0.2, 0.25) is 0 Å². The van der Waals surface area contributed by atoms with E-state index in [4.69, 9.17) is 5.73 Å². The Balaban J connectivity index is 2.32. The van der Waals surface area contributed by atoms with Crippen LogP contribution < -0.4 is 5.73 Å². The summed E-state index contributed by atoms with van der Waals surface area (Å²) in [6, 6.07) is 16.1. The Hall–Kier alpha value is -1.81. The summed E-state index contributed by atoms with van der Waals surface area (Å²) < 4.78 is 15.9. The molecule has 2 aromatic rings. The highest BCUT2D eigenvalue weighted by Gasteiger charge is 1.86. The molecule has 0 amide bonds. The van der Waals surface area contributed by atoms with Crippen molar-refractivity contribution in [2.24, 2.45) is 4.36 Å². The molecule has 2 aromatic carbocycles. The van der Waals surface area contributed by atoms with E-state index in [1.807, 2.05) is 18.2 Å². The molecule has 2 N–H and O–H groups in total. The zero-order valence-corrected chi connectivity index (χ0v) is 9.35. The predicted octanol–water partition coefficient (Wildman–Crippen LogP) is 3.11. The summed E-state index contributed by atoms with van der Waals surface area (Å²) >= 11 is 0. The molecule has 0 fully saturated rings. The Morgan fingerprint density at radius 2 is 1.56 bits per heavy atom. The van der Waals surface area contributed by atoms with E-state index in [0.29, 0.717) is 16.3 Å². The lowest BCUT2D eigenvalue weighted by Crippen LogP contribution is -1.81. The average Bonchev–Trinajstić information content (AvgIpc) is 2.33. The maximum Gasteiger partial charge on any atom is 0.0370 e. The fraction of sp³-hybridized carbons (Fsp3) is 0. The first-order valence-electron chi connectivity index (χ1n) is 4.80. The van der Waals surface area contributed by atoms with Crippen molar-refractivity contribution >= 4 is 22.0 Å². The van der Waals surface area contributed by atoms with Crippen molar-refractivity contribution < 1.29 is 4.21 Å². The van der Waals surface area contributed by atoms with Gasteiger partial charge in [-0.2, -0.15) is 10.6 Å². The highest BCUT2D eigenvalue weighted by Crippen LogP contribution is 2.16. The second kappa shape index (κ2) is 4.81. The van der Waals surface area contributed by atoms with E-state index in [1.54, 1.807) is 36.4 Å². The fourth-order valence-electron chi connectivity index (χ4n) is 1.22. The molecule has 0 aliphatic heterocycles. The van der Waals surface area contributed by atoms with E-state index >= 15 is 0 Å². The zero-order valence-electron chi connectivity index (χ0n) is 8.54. The van der Waals surface area contributed by atoms with Gasteiger partial charge in [0.25, 0.3) is 0 Å². The molecule has 3 nitrogen and oxygen atoms in total. The van der Waals surface area contributed by atoms with Crippen LogP contribution in [-0.4, -0.2) is 0 Å². The number of rotatable bonds is 2. The molecule has 82 valence electrons. The molecule has 4 heteroatoms. The van der Waals surface area contributed by atoms with Crippen LogP contribution in [-0.2, 0) is 14.8 Å². The van der Waals surface area contributed by atoms with E-state index in [9.17, 15) is 4.21 Å². The Bertz CT molecular complexity index is 543. The van der Waals surface area contributed by atoms with Crippen molar-refractivity contribution in [2.75, 3.05) is 5.73 Å². The molecule has 2 rings (SSSR count). The van der Waals surface area contributed by atoms with Gasteiger partial charge < -0.3 is 14.3 Å². The molecule has 0 heterocycles. The number of hydrogen-bond donors (Lipinski definition) is 1. The second-order valence-corrected chi connectivity index (χ2v) is 4.40. The number of nitrogens with zero attached hydrogens (tertiary/aromatic N) is 1. The van der Waals surface area contributed by atoms with Crippen LogP contribution in [0.15, 0.2) is 63.9 Å². The summed E-state index contributed by atoms with van der Waals surface area (Å²) in [5.41, 5.74) is 6.89. The van der Waals surface area contributed by atoms with Gasteiger partial charge in [0.1, 0.15) is 0 Å². The van der Waals surface area contributed by atoms with Crippen molar-refractivity contribution in [3.63, 3.8) is 0 Å². The number of benzene rings is 2. The number of anilines is 1. The minimum absolute atomic E-state index is 0.663. The van der Waals surface area contributed by atoms with Gasteiger partial charge in [0.05, 0.1) is 0 Å². The van der Waals surface area contributed by atoms with Gasteiger partial charge >= 0.3 is 0 Å². The fourth-order valence-corrected chi connectivity index (χ4v) is 2.03. The summed E-state index contributed by atoms with van der Waals surface area (Å²) in [6.07, 6.45) is 0. The molecule has 0 unspecified atom stereocenters. The molecule has 0 aliphatic carbocycles. The third-order valence-corrected chi connectivity index (χ3v) is 3.08. The van der Waals surface area contributed by atoms with E-state index < -0.39 is 10.6 Å². The monoisotopic (exact) mass is 231 g/mol. The largest absolute Gasteiger partial charge is 0.440 e. The molecule has 0 spiro atoms. The summed E-state index contributed by atoms with van der Waals surface area (Å²) in [5.74, 6) is 0. The number of nitrogen functional groups attached to an aromatic ring is 1. The van der Waals surface area contributed by atoms with Crippen molar-refractivity contribution in [1.82, 2.24) is 0 Å². The van der Waals surface area contributed by atoms with E-state index in [0.717, 1.165) is 0 Å². The minimum Gasteiger partial charge on any atom is -0.440 e. The van der Waals surface area contributed by atoms with Gasteiger partial charge in [-0.05, 0) is 24.3 Å². The third-order valence-electron chi connectivity index (χ3n) is 2.03. The molecule has 0 saturated carbocycles. The quantitative estimate of drug-likeness (QED) is 0.637. The normalized spacial score (nSPS) is 12.5. The molecule has 0 bridgehead atoms. The van der Waals surface area contributed by atoms with Crippen molar-refractivity contribution in [3.8, 4) is 0 Å². The molecule has 0 saturated heterocycles. The molecule has 0 atom stereocenters. The lowest BCUT2D eigenvalue weighted by molar-refractivity contribution is 0.600. The molecule has 0 radical (unpaired) electrons. The molecule has 0 aromatic heterocycles. The van der Waals surface area contributed by atoms with Crippen molar-refractivity contribution in [1.29, 1.82) is 0 Å². The van der Waals surface area contributed by atoms with Gasteiger partial charge in [0.15, 0.2) is 0 Å². The van der Waals surface area contributed by atoms with E-state index in [1.165, 1.54) is 0 Å². The summed E-state index contributed by atoms with van der Waals surface area (Å²) in [7, 11) is -1.36. The molecular weight excluding hydrogens is 220 g/mol. The number of nitrogens with two attached hydrogens (primary N) is 1. The SMILES string of the molecule is Nc1ccc(N=[S-](=O)c2ccccc2)cc1. The van der Waals surface area contributed by atoms with Crippen LogP contribution in [0.3, 0.4) is 0 Å². The van der Waals surface area contributed by atoms with Crippen LogP contribution in [0.4, 0.5) is 11.4 Å². The van der Waals surface area contributed by atoms with Crippen LogP contribution in [0, 0.1) is 0 Å². The Labute approximate surface area is 96.1 Å². The zero-order chi connectivity index (χ0) is 11.4. The number of hydrogen-bond acceptors (Lipinski definition) is 4. The maximum atomic E-state index is 11.8. The average molecular weight is 231 g/mol. The van der Waals surface area contributed by atoms with Crippen LogP contribution in [0.25, 0.3) is 0 Å². The highest BCUT2D eigenvalue weighted by atomic mass is 32.2. The maximum absolute atomic E-state index is 11.8. The van der Waals surface area contributed by atoms with Crippen molar-refractivity contribution in [3.05, 3.63) is 54.6 Å². The summed E-state index contributed by atoms with van der Waals surface area (Å²) in [6.45, 7) is 0. The van der Waals surface area contributed by atoms with E-state index in [-0.39, 0.29) is 0 Å². The summed E-state index contributed by atoms with van der Waals surface area (Å²) in [4.78, 5) is 0.694. The Morgan fingerprint density at radius 1 is 0.938 bits per heavy atom. The van der Waals surface area contributed by atoms with Gasteiger partial charge in [-0.25, -0.2) is 0 Å². The first-order chi connectivity index (χ1) is 7.75. The Morgan fingerprint density at radius 3 is 2.19 bits per heavy atom. The summed E-state index contributed by atoms with van der Waals surface area (Å²) in [5, 5.41) is 0. The van der Waals surface area contributed by atoms with Crippen molar-refractivity contribution in [2.45, 2.75) is 4.90 Å². The Kier molecular flexibility index (Phi) is 3.22. The molecular formula is C12H11N2OS-. The predicted molar refractivity (Wildman–Crippen MR) is 65.7 cm³/mol. The van der Waals surface area contributed by atoms with Crippen LogP contribution >= 0.6 is 0 Å². The first-order valence-corrected chi connectivity index (χ1v) is 5.90. The van der Waals surface area contributed by atoms with Crippen LogP contribution in [0.5, 0.6) is 0 Å². The third kappa shape index (κ3) is 2.61. The minimum atomic E-state index is -1.36. The topological polar surface area (TPSA) is 55.4 Å². The smallest absolute Gasteiger partial charge is 0.0370 e. The second-order valence-electron chi connectivity index (χ2n) is 3.25.